The molecule has 0 fully saturated rings. The normalized spacial score (nSPS) is 15.5. The van der Waals surface area contributed by atoms with Gasteiger partial charge in [0, 0.05) is 0 Å². The molecule has 1 aliphatic heterocycles. The number of carbonyl (C=O) groups excluding carboxylic acids is 2. The molecule has 3 heterocycles. The Labute approximate surface area is 221 Å². The number of benzene rings is 2. The number of ketones is 1. The molecule has 0 saturated carbocycles. The third kappa shape index (κ3) is 4.11. The topological polar surface area (TPSA) is 98.2 Å². The van der Waals surface area contributed by atoms with Crippen LogP contribution >= 0.6 is 22.7 Å². The minimum atomic E-state index is -0.970. The fourth-order valence-corrected chi connectivity index (χ4v) is 6.16. The second-order valence-corrected chi connectivity index (χ2v) is 10.2. The van der Waals surface area contributed by atoms with Crippen molar-refractivity contribution in [2.45, 2.75) is 19.4 Å². The molecule has 2 aromatic carbocycles. The molecule has 0 spiro atoms. The Kier molecular flexibility index (Phi) is 6.61. The van der Waals surface area contributed by atoms with Crippen LogP contribution in [0.25, 0.3) is 10.2 Å². The number of thiophene rings is 1. The number of carbonyl (C=O) groups is 2. The van der Waals surface area contributed by atoms with Gasteiger partial charge >= 0.3 is 0 Å². The van der Waals surface area contributed by atoms with Crippen molar-refractivity contribution in [3.8, 4) is 17.2 Å². The summed E-state index contributed by atoms with van der Waals surface area (Å²) in [4.78, 5) is 33.6. The van der Waals surface area contributed by atoms with Gasteiger partial charge in [0.1, 0.15) is 0 Å². The molecule has 2 aromatic heterocycles. The highest BCUT2D eigenvalue weighted by molar-refractivity contribution is 7.22. The molecule has 1 amide bonds. The van der Waals surface area contributed by atoms with Gasteiger partial charge in [-0.2, -0.15) is 0 Å². The lowest BCUT2D eigenvalue weighted by Gasteiger charge is -2.25. The van der Waals surface area contributed by atoms with Crippen molar-refractivity contribution in [1.29, 1.82) is 0 Å². The summed E-state index contributed by atoms with van der Waals surface area (Å²) in [5, 5.41) is 13.2. The van der Waals surface area contributed by atoms with E-state index >= 15 is 0 Å². The number of aliphatic hydroxyl groups is 1. The maximum absolute atomic E-state index is 13.6. The number of Topliss-reactive ketones (excluding diaryl/α,β-unsaturated/α-hetero) is 1. The lowest BCUT2D eigenvalue weighted by molar-refractivity contribution is -0.117. The van der Waals surface area contributed by atoms with Crippen molar-refractivity contribution in [3.63, 3.8) is 0 Å². The number of hydrogen-bond acceptors (Lipinski definition) is 9. The molecule has 0 bridgehead atoms. The van der Waals surface area contributed by atoms with Crippen molar-refractivity contribution < 1.29 is 28.9 Å². The van der Waals surface area contributed by atoms with E-state index in [1.54, 1.807) is 29.6 Å². The predicted molar refractivity (Wildman–Crippen MR) is 144 cm³/mol. The molecule has 1 aliphatic rings. The zero-order valence-corrected chi connectivity index (χ0v) is 22.2. The molecule has 190 valence electrons. The summed E-state index contributed by atoms with van der Waals surface area (Å²) in [5.74, 6) is -0.655. The lowest BCUT2D eigenvalue weighted by atomic mass is 9.95. The average molecular weight is 537 g/mol. The van der Waals surface area contributed by atoms with E-state index in [1.165, 1.54) is 48.9 Å². The minimum Gasteiger partial charge on any atom is -0.503 e. The molecule has 1 atom stereocenters. The molecule has 10 heteroatoms. The van der Waals surface area contributed by atoms with Gasteiger partial charge in [0.2, 0.25) is 11.5 Å². The van der Waals surface area contributed by atoms with Gasteiger partial charge in [-0.3, -0.25) is 14.5 Å². The fourth-order valence-electron chi connectivity index (χ4n) is 4.43. The highest BCUT2D eigenvalue weighted by Crippen LogP contribution is 2.48. The van der Waals surface area contributed by atoms with E-state index in [-0.39, 0.29) is 5.57 Å². The second kappa shape index (κ2) is 9.87. The monoisotopic (exact) mass is 536 g/mol. The first-order valence-electron chi connectivity index (χ1n) is 11.5. The Morgan fingerprint density at radius 3 is 2.41 bits per heavy atom. The molecule has 0 saturated heterocycles. The molecule has 0 radical (unpaired) electrons. The van der Waals surface area contributed by atoms with Crippen molar-refractivity contribution in [2.24, 2.45) is 0 Å². The van der Waals surface area contributed by atoms with Crippen molar-refractivity contribution in [3.05, 3.63) is 75.2 Å². The van der Waals surface area contributed by atoms with Crippen LogP contribution in [0.15, 0.2) is 59.2 Å². The largest absolute Gasteiger partial charge is 0.503 e. The van der Waals surface area contributed by atoms with Gasteiger partial charge in [-0.1, -0.05) is 30.4 Å². The number of hydrogen-bond donors (Lipinski definition) is 1. The SMILES string of the molecule is CCc1ccc2nc(N3C(=O)C(O)=C(C(=O)c4cccs4)C3c3cc(OC)c(OC)c(OC)c3)sc2c1. The number of aliphatic hydroxyl groups excluding tert-OH is 1. The molecule has 4 aromatic rings. The number of amides is 1. The number of aryl methyl sites for hydroxylation is 1. The summed E-state index contributed by atoms with van der Waals surface area (Å²) >= 11 is 2.57. The van der Waals surface area contributed by atoms with Crippen LogP contribution in [0.5, 0.6) is 17.2 Å². The summed E-state index contributed by atoms with van der Waals surface area (Å²) in [6, 6.07) is 11.7. The second-order valence-electron chi connectivity index (χ2n) is 8.26. The van der Waals surface area contributed by atoms with Gasteiger partial charge < -0.3 is 19.3 Å². The van der Waals surface area contributed by atoms with Crippen LogP contribution in [0.1, 0.15) is 33.8 Å². The fraction of sp³-hybridized carbons (Fsp3) is 0.222. The van der Waals surface area contributed by atoms with E-state index in [9.17, 15) is 14.7 Å². The van der Waals surface area contributed by atoms with Gasteiger partial charge in [-0.25, -0.2) is 4.98 Å². The number of fused-ring (bicyclic) bond motifs is 1. The molecule has 1 N–H and O–H groups in total. The highest BCUT2D eigenvalue weighted by Gasteiger charge is 2.46. The first kappa shape index (κ1) is 24.8. The summed E-state index contributed by atoms with van der Waals surface area (Å²) < 4.78 is 17.4. The molecule has 1 unspecified atom stereocenters. The Balaban J connectivity index is 1.73. The van der Waals surface area contributed by atoms with Crippen LogP contribution < -0.4 is 19.1 Å². The van der Waals surface area contributed by atoms with E-state index in [2.05, 4.69) is 6.92 Å². The summed E-state index contributed by atoms with van der Waals surface area (Å²) in [6.45, 7) is 2.07. The van der Waals surface area contributed by atoms with Crippen LogP contribution in [0.4, 0.5) is 5.13 Å². The Morgan fingerprint density at radius 2 is 1.81 bits per heavy atom. The van der Waals surface area contributed by atoms with E-state index in [0.29, 0.717) is 32.8 Å². The number of rotatable bonds is 8. The predicted octanol–water partition coefficient (Wildman–Crippen LogP) is 5.73. The zero-order chi connectivity index (χ0) is 26.3. The standard InChI is InChI=1S/C27H24N2O6S2/c1-5-14-8-9-16-20(11-14)37-27(28-16)29-22(15-12-17(33-2)25(35-4)18(13-15)34-3)21(24(31)26(29)32)23(30)19-7-6-10-36-19/h6-13,22,31H,5H2,1-4H3. The maximum atomic E-state index is 13.6. The van der Waals surface area contributed by atoms with Gasteiger partial charge in [0.15, 0.2) is 22.4 Å². The molecule has 8 nitrogen and oxygen atoms in total. The van der Waals surface area contributed by atoms with Gasteiger partial charge in [-0.05, 0) is 53.3 Å². The van der Waals surface area contributed by atoms with E-state index in [0.717, 1.165) is 22.2 Å². The maximum Gasteiger partial charge on any atom is 0.296 e. The van der Waals surface area contributed by atoms with Crippen LogP contribution in [0.2, 0.25) is 0 Å². The lowest BCUT2D eigenvalue weighted by Crippen LogP contribution is -2.31. The number of ether oxygens (including phenoxy) is 3. The summed E-state index contributed by atoms with van der Waals surface area (Å²) in [7, 11) is 4.47. The molecule has 37 heavy (non-hydrogen) atoms. The number of methoxy groups -OCH3 is 3. The van der Waals surface area contributed by atoms with Crippen LogP contribution in [0.3, 0.4) is 0 Å². The van der Waals surface area contributed by atoms with Crippen molar-refractivity contribution in [2.75, 3.05) is 26.2 Å². The number of anilines is 1. The molecule has 5 rings (SSSR count). The van der Waals surface area contributed by atoms with E-state index < -0.39 is 23.5 Å². The van der Waals surface area contributed by atoms with Crippen molar-refractivity contribution in [1.82, 2.24) is 4.98 Å². The number of thiazole rings is 1. The summed E-state index contributed by atoms with van der Waals surface area (Å²) in [6.07, 6.45) is 0.863. The quantitative estimate of drug-likeness (QED) is 0.287. The Hall–Kier alpha value is -3.89. The van der Waals surface area contributed by atoms with Gasteiger partial charge in [0.05, 0.1) is 48.0 Å². The van der Waals surface area contributed by atoms with Crippen LogP contribution in [-0.4, -0.2) is 43.1 Å². The van der Waals surface area contributed by atoms with Crippen molar-refractivity contribution >= 4 is 49.7 Å². The van der Waals surface area contributed by atoms with Crippen LogP contribution in [-0.2, 0) is 11.2 Å². The Morgan fingerprint density at radius 1 is 1.08 bits per heavy atom. The molecular formula is C27H24N2O6S2. The average Bonchev–Trinajstić information content (AvgIpc) is 3.65. The Bertz CT molecular complexity index is 1510. The van der Waals surface area contributed by atoms with E-state index in [1.807, 2.05) is 18.2 Å². The molecular weight excluding hydrogens is 512 g/mol. The number of nitrogens with zero attached hydrogens (tertiary/aromatic N) is 2. The molecule has 0 aliphatic carbocycles. The third-order valence-electron chi connectivity index (χ3n) is 6.26. The minimum absolute atomic E-state index is 0.0322. The number of aromatic nitrogens is 1. The smallest absolute Gasteiger partial charge is 0.296 e. The highest BCUT2D eigenvalue weighted by atomic mass is 32.1. The first-order valence-corrected chi connectivity index (χ1v) is 13.2. The third-order valence-corrected chi connectivity index (χ3v) is 8.14. The van der Waals surface area contributed by atoms with Gasteiger partial charge in [0.25, 0.3) is 5.91 Å². The summed E-state index contributed by atoms with van der Waals surface area (Å²) in [5.41, 5.74) is 2.34. The van der Waals surface area contributed by atoms with Gasteiger partial charge in [-0.15, -0.1) is 11.3 Å². The van der Waals surface area contributed by atoms with E-state index in [4.69, 9.17) is 19.2 Å². The zero-order valence-electron chi connectivity index (χ0n) is 20.6. The first-order chi connectivity index (χ1) is 17.9. The van der Waals surface area contributed by atoms with Crippen LogP contribution in [0, 0.1) is 0 Å².